The molecule has 38 heavy (non-hydrogen) atoms. The number of nitrogens with zero attached hydrogens (tertiary/aromatic N) is 2. The van der Waals surface area contributed by atoms with Crippen molar-refractivity contribution in [1.82, 2.24) is 9.97 Å². The Morgan fingerprint density at radius 2 is 0.895 bits per heavy atom. The zero-order chi connectivity index (χ0) is 24.9. The molecule has 4 heteroatoms. The van der Waals surface area contributed by atoms with E-state index >= 15 is 0 Å². The Morgan fingerprint density at radius 3 is 1.34 bits per heavy atom. The molecular weight excluding hydrogens is 647 g/mol. The molecule has 2 heterocycles. The number of ether oxygens (including phenoxy) is 1. The molecule has 184 valence electrons. The van der Waals surface area contributed by atoms with Gasteiger partial charge in [-0.3, -0.25) is 0 Å². The second kappa shape index (κ2) is 11.8. The van der Waals surface area contributed by atoms with Crippen LogP contribution in [0.25, 0.3) is 44.8 Å². The van der Waals surface area contributed by atoms with Crippen LogP contribution in [0.3, 0.4) is 0 Å². The number of rotatable bonds is 6. The monoisotopic (exact) mass is 669 g/mol. The van der Waals surface area contributed by atoms with Gasteiger partial charge in [0.2, 0.25) is 0 Å². The molecule has 0 saturated carbocycles. The maximum Gasteiger partial charge on any atom is 2.00 e. The molecule has 0 radical (unpaired) electrons. The molecule has 4 aromatic carbocycles. The molecule has 0 spiro atoms. The summed E-state index contributed by atoms with van der Waals surface area (Å²) < 4.78 is 6.23. The van der Waals surface area contributed by atoms with Gasteiger partial charge in [0, 0.05) is 23.9 Å². The smallest absolute Gasteiger partial charge is 0.497 e. The number of hydrogen-bond donors (Lipinski definition) is 0. The van der Waals surface area contributed by atoms with Gasteiger partial charge in [0.15, 0.2) is 0 Å². The van der Waals surface area contributed by atoms with Gasteiger partial charge in [-0.15, -0.1) is 47.5 Å². The molecule has 6 aromatic rings. The SMILES string of the molecule is [Pt+2].[c-]1c(Oc2[c-]c(-c3ncccc3-c3ccccc3)ccc2)cccc1-c1ncccc1-c1ccccc1. The van der Waals surface area contributed by atoms with E-state index in [4.69, 9.17) is 4.74 Å². The predicted octanol–water partition coefficient (Wildman–Crippen LogP) is 8.53. The van der Waals surface area contributed by atoms with Crippen LogP contribution in [-0.2, 0) is 21.1 Å². The number of hydrogen-bond acceptors (Lipinski definition) is 3. The van der Waals surface area contributed by atoms with Gasteiger partial charge in [-0.2, -0.15) is 0 Å². The fraction of sp³-hybridized carbons (Fsp3) is 0. The Kier molecular flexibility index (Phi) is 7.87. The molecule has 2 aromatic heterocycles. The molecule has 0 aliphatic rings. The first-order valence-corrected chi connectivity index (χ1v) is 12.1. The van der Waals surface area contributed by atoms with Crippen LogP contribution in [0.1, 0.15) is 0 Å². The second-order valence-electron chi connectivity index (χ2n) is 8.49. The molecular formula is C34H22N2OPt. The summed E-state index contributed by atoms with van der Waals surface area (Å²) >= 11 is 0. The Balaban J connectivity index is 0.00000294. The molecule has 0 saturated heterocycles. The second-order valence-corrected chi connectivity index (χ2v) is 8.49. The Hall–Kier alpha value is -4.33. The number of benzene rings is 4. The van der Waals surface area contributed by atoms with Gasteiger partial charge in [0.05, 0.1) is 0 Å². The molecule has 0 aliphatic carbocycles. The third kappa shape index (κ3) is 5.49. The zero-order valence-electron chi connectivity index (χ0n) is 20.3. The van der Waals surface area contributed by atoms with Crippen molar-refractivity contribution in [2.24, 2.45) is 0 Å². The van der Waals surface area contributed by atoms with E-state index < -0.39 is 0 Å². The summed E-state index contributed by atoms with van der Waals surface area (Å²) in [7, 11) is 0. The largest absolute Gasteiger partial charge is 2.00 e. The van der Waals surface area contributed by atoms with Gasteiger partial charge in [0.25, 0.3) is 0 Å². The molecule has 6 rings (SSSR count). The van der Waals surface area contributed by atoms with Gasteiger partial charge in [-0.1, -0.05) is 84.9 Å². The fourth-order valence-corrected chi connectivity index (χ4v) is 4.35. The minimum atomic E-state index is 0. The van der Waals surface area contributed by atoms with Crippen LogP contribution < -0.4 is 4.74 Å². The van der Waals surface area contributed by atoms with Crippen molar-refractivity contribution in [2.45, 2.75) is 0 Å². The third-order valence-electron chi connectivity index (χ3n) is 6.05. The van der Waals surface area contributed by atoms with Crippen LogP contribution in [0.5, 0.6) is 11.5 Å². The van der Waals surface area contributed by atoms with Crippen molar-refractivity contribution in [1.29, 1.82) is 0 Å². The van der Waals surface area contributed by atoms with Crippen LogP contribution >= 0.6 is 0 Å². The molecule has 3 nitrogen and oxygen atoms in total. The Morgan fingerprint density at radius 1 is 0.447 bits per heavy atom. The molecule has 0 unspecified atom stereocenters. The standard InChI is InChI=1S/C34H22N2O.Pt/c1-3-11-25(12-4-1)31-19-9-21-35-33(31)27-15-7-17-29(23-27)37-30-18-8-16-28(24-30)34-32(20-10-22-36-34)26-13-5-2-6-14-26;/h1-22H;/q-2;+2. The summed E-state index contributed by atoms with van der Waals surface area (Å²) in [6.45, 7) is 0. The molecule has 0 bridgehead atoms. The number of aromatic nitrogens is 2. The molecule has 0 aliphatic heterocycles. The van der Waals surface area contributed by atoms with Crippen molar-refractivity contribution in [3.05, 3.63) is 146 Å². The van der Waals surface area contributed by atoms with E-state index in [1.54, 1.807) is 12.4 Å². The van der Waals surface area contributed by atoms with Crippen LogP contribution in [-0.4, -0.2) is 9.97 Å². The van der Waals surface area contributed by atoms with Gasteiger partial charge in [-0.05, 0) is 45.8 Å². The van der Waals surface area contributed by atoms with Crippen molar-refractivity contribution >= 4 is 0 Å². The van der Waals surface area contributed by atoms with E-state index in [1.165, 1.54) is 0 Å². The van der Waals surface area contributed by atoms with Crippen molar-refractivity contribution in [2.75, 3.05) is 0 Å². The molecule has 0 amide bonds. The topological polar surface area (TPSA) is 35.0 Å². The molecule has 0 atom stereocenters. The maximum atomic E-state index is 6.23. The Bertz CT molecular complexity index is 1530. The summed E-state index contributed by atoms with van der Waals surface area (Å²) in [5, 5.41) is 0. The van der Waals surface area contributed by atoms with Crippen LogP contribution in [0.2, 0.25) is 0 Å². The van der Waals surface area contributed by atoms with Gasteiger partial charge in [0.1, 0.15) is 0 Å². The maximum absolute atomic E-state index is 6.23. The van der Waals surface area contributed by atoms with E-state index in [9.17, 15) is 0 Å². The molecule has 0 N–H and O–H groups in total. The first-order chi connectivity index (χ1) is 18.3. The summed E-state index contributed by atoms with van der Waals surface area (Å²) in [5.74, 6) is 1.19. The number of pyridine rings is 2. The normalized spacial score (nSPS) is 10.4. The van der Waals surface area contributed by atoms with Crippen molar-refractivity contribution in [3.8, 4) is 56.3 Å². The summed E-state index contributed by atoms with van der Waals surface area (Å²) in [5.41, 5.74) is 7.76. The van der Waals surface area contributed by atoms with E-state index in [1.807, 2.05) is 84.9 Å². The quantitative estimate of drug-likeness (QED) is 0.167. The van der Waals surface area contributed by atoms with E-state index in [-0.39, 0.29) is 21.1 Å². The third-order valence-corrected chi connectivity index (χ3v) is 6.05. The van der Waals surface area contributed by atoms with Crippen LogP contribution in [0.4, 0.5) is 0 Å². The fourth-order valence-electron chi connectivity index (χ4n) is 4.35. The molecule has 0 fully saturated rings. The average molecular weight is 670 g/mol. The van der Waals surface area contributed by atoms with Gasteiger partial charge in [-0.25, -0.2) is 0 Å². The predicted molar refractivity (Wildman–Crippen MR) is 148 cm³/mol. The minimum Gasteiger partial charge on any atom is -0.497 e. The first-order valence-electron chi connectivity index (χ1n) is 12.1. The van der Waals surface area contributed by atoms with Crippen molar-refractivity contribution < 1.29 is 25.8 Å². The van der Waals surface area contributed by atoms with Gasteiger partial charge < -0.3 is 14.7 Å². The van der Waals surface area contributed by atoms with E-state index in [0.29, 0.717) is 11.5 Å². The van der Waals surface area contributed by atoms with E-state index in [2.05, 4.69) is 58.5 Å². The zero-order valence-corrected chi connectivity index (χ0v) is 22.6. The van der Waals surface area contributed by atoms with Crippen LogP contribution in [0, 0.1) is 12.1 Å². The summed E-state index contributed by atoms with van der Waals surface area (Å²) in [6.07, 6.45) is 3.61. The van der Waals surface area contributed by atoms with Crippen molar-refractivity contribution in [3.63, 3.8) is 0 Å². The summed E-state index contributed by atoms with van der Waals surface area (Å²) in [6, 6.07) is 47.1. The minimum absolute atomic E-state index is 0. The average Bonchev–Trinajstić information content (AvgIpc) is 2.98. The Labute approximate surface area is 237 Å². The van der Waals surface area contributed by atoms with Gasteiger partial charge >= 0.3 is 21.1 Å². The first kappa shape index (κ1) is 25.3. The van der Waals surface area contributed by atoms with Crippen LogP contribution in [0.15, 0.2) is 134 Å². The van der Waals surface area contributed by atoms with E-state index in [0.717, 1.165) is 44.8 Å². The summed E-state index contributed by atoms with van der Waals surface area (Å²) in [4.78, 5) is 9.33.